The van der Waals surface area contributed by atoms with Crippen LogP contribution >= 0.6 is 0 Å². The van der Waals surface area contributed by atoms with E-state index in [1.807, 2.05) is 58.2 Å². The molecule has 6 rings (SSSR count). The highest BCUT2D eigenvalue weighted by atomic mass is 16.1. The van der Waals surface area contributed by atoms with Gasteiger partial charge < -0.3 is 0 Å². The van der Waals surface area contributed by atoms with Crippen LogP contribution in [-0.4, -0.2) is 49.0 Å². The van der Waals surface area contributed by atoms with Gasteiger partial charge in [-0.3, -0.25) is 38.7 Å². The van der Waals surface area contributed by atoms with Gasteiger partial charge >= 0.3 is 0 Å². The van der Waals surface area contributed by atoms with Crippen LogP contribution in [0.4, 0.5) is 0 Å². The molecule has 0 radical (unpaired) electrons. The lowest BCUT2D eigenvalue weighted by molar-refractivity contribution is 0.757. The van der Waals surface area contributed by atoms with Crippen molar-refractivity contribution in [3.8, 4) is 23.7 Å². The van der Waals surface area contributed by atoms with Gasteiger partial charge in [0.25, 0.3) is 11.1 Å². The number of hydrogen-bond acceptors (Lipinski definition) is 8. The fraction of sp³-hybridized carbons (Fsp3) is 0.235. The van der Waals surface area contributed by atoms with Crippen molar-refractivity contribution in [2.75, 3.05) is 0 Å². The molecule has 2 N–H and O–H groups in total. The predicted molar refractivity (Wildman–Crippen MR) is 174 cm³/mol. The zero-order valence-corrected chi connectivity index (χ0v) is 26.0. The minimum absolute atomic E-state index is 0.0151. The van der Waals surface area contributed by atoms with E-state index in [0.29, 0.717) is 29.6 Å². The van der Waals surface area contributed by atoms with Gasteiger partial charge in [0.15, 0.2) is 0 Å². The Bertz CT molecular complexity index is 2040. The van der Waals surface area contributed by atoms with Gasteiger partial charge in [0.05, 0.1) is 11.3 Å². The largest absolute Gasteiger partial charge is 0.292 e. The molecule has 6 heterocycles. The van der Waals surface area contributed by atoms with Gasteiger partial charge in [-0.05, 0) is 54.4 Å². The molecule has 0 aromatic carbocycles. The highest BCUT2D eigenvalue weighted by Crippen LogP contribution is 2.17. The van der Waals surface area contributed by atoms with Crippen LogP contribution in [0.1, 0.15) is 73.2 Å². The van der Waals surface area contributed by atoms with Gasteiger partial charge in [-0.15, -0.1) is 0 Å². The van der Waals surface area contributed by atoms with Crippen molar-refractivity contribution in [2.24, 2.45) is 0 Å². The Morgan fingerprint density at radius 3 is 1.85 bits per heavy atom. The fourth-order valence-corrected chi connectivity index (χ4v) is 4.79. The van der Waals surface area contributed by atoms with Crippen molar-refractivity contribution in [2.45, 2.75) is 52.4 Å². The van der Waals surface area contributed by atoms with E-state index >= 15 is 0 Å². The van der Waals surface area contributed by atoms with Crippen molar-refractivity contribution < 1.29 is 0 Å². The number of hydrogen-bond donors (Lipinski definition) is 2. The first-order valence-corrected chi connectivity index (χ1v) is 14.8. The molecule has 6 aromatic heterocycles. The summed E-state index contributed by atoms with van der Waals surface area (Å²) < 4.78 is 3.35. The Morgan fingerprint density at radius 1 is 0.696 bits per heavy atom. The maximum Gasteiger partial charge on any atom is 0.257 e. The summed E-state index contributed by atoms with van der Waals surface area (Å²) in [7, 11) is 0. The van der Waals surface area contributed by atoms with Crippen molar-refractivity contribution in [1.29, 1.82) is 0 Å². The number of aryl methyl sites for hydroxylation is 2. The third kappa shape index (κ3) is 7.75. The van der Waals surface area contributed by atoms with Gasteiger partial charge in [-0.2, -0.15) is 0 Å². The Labute approximate surface area is 265 Å². The molecule has 0 aliphatic carbocycles. The van der Waals surface area contributed by atoms with Gasteiger partial charge in [0.1, 0.15) is 18.3 Å². The summed E-state index contributed by atoms with van der Waals surface area (Å²) in [5, 5.41) is 0. The summed E-state index contributed by atoms with van der Waals surface area (Å²) >= 11 is 0. The van der Waals surface area contributed by atoms with E-state index in [1.165, 1.54) is 0 Å². The van der Waals surface area contributed by atoms with E-state index in [1.54, 1.807) is 65.2 Å². The van der Waals surface area contributed by atoms with Crippen LogP contribution in [0.5, 0.6) is 0 Å². The number of imidazole rings is 2. The first kappa shape index (κ1) is 31.5. The lowest BCUT2D eigenvalue weighted by Gasteiger charge is -2.13. The smallest absolute Gasteiger partial charge is 0.257 e. The number of nitrogens with zero attached hydrogens (tertiary/aromatic N) is 8. The molecular weight excluding hydrogens is 580 g/mol. The van der Waals surface area contributed by atoms with Crippen LogP contribution in [0.3, 0.4) is 0 Å². The SMILES string of the molecule is CC(C)c1c(C#Cc2cccnc2)nc(-n2ccnc2)[nH]c1=O.CC(C)c1c(CCc2cccnc2)nc(-n2ccnc2)[nH]c1=O. The van der Waals surface area contributed by atoms with Crippen LogP contribution in [0.2, 0.25) is 0 Å². The summed E-state index contributed by atoms with van der Waals surface area (Å²) in [4.78, 5) is 55.8. The van der Waals surface area contributed by atoms with E-state index in [9.17, 15) is 9.59 Å². The van der Waals surface area contributed by atoms with Crippen molar-refractivity contribution in [3.63, 3.8) is 0 Å². The lowest BCUT2D eigenvalue weighted by Crippen LogP contribution is -2.22. The van der Waals surface area contributed by atoms with Crippen LogP contribution in [-0.2, 0) is 12.8 Å². The third-order valence-corrected chi connectivity index (χ3v) is 6.98. The fourth-order valence-electron chi connectivity index (χ4n) is 4.79. The summed E-state index contributed by atoms with van der Waals surface area (Å²) in [5.41, 5.74) is 4.26. The van der Waals surface area contributed by atoms with Crippen LogP contribution in [0, 0.1) is 11.8 Å². The van der Waals surface area contributed by atoms with E-state index in [-0.39, 0.29) is 23.0 Å². The number of H-pyrrole nitrogens is 2. The molecule has 0 amide bonds. The third-order valence-electron chi connectivity index (χ3n) is 6.98. The highest BCUT2D eigenvalue weighted by Gasteiger charge is 2.16. The van der Waals surface area contributed by atoms with Gasteiger partial charge in [0.2, 0.25) is 11.9 Å². The second kappa shape index (κ2) is 14.7. The molecule has 6 aromatic rings. The molecule has 0 spiro atoms. The maximum absolute atomic E-state index is 12.5. The molecule has 46 heavy (non-hydrogen) atoms. The molecule has 0 unspecified atom stereocenters. The van der Waals surface area contributed by atoms with E-state index in [2.05, 4.69) is 51.7 Å². The van der Waals surface area contributed by atoms with E-state index < -0.39 is 0 Å². The second-order valence-corrected chi connectivity index (χ2v) is 11.0. The van der Waals surface area contributed by atoms with E-state index in [4.69, 9.17) is 0 Å². The average Bonchev–Trinajstić information content (AvgIpc) is 3.79. The Morgan fingerprint density at radius 2 is 1.30 bits per heavy atom. The number of aromatic nitrogens is 10. The molecule has 0 aliphatic heterocycles. The normalized spacial score (nSPS) is 10.7. The first-order chi connectivity index (χ1) is 22.3. The first-order valence-electron chi connectivity index (χ1n) is 14.8. The molecule has 0 bridgehead atoms. The van der Waals surface area contributed by atoms with Crippen LogP contribution in [0.25, 0.3) is 11.9 Å². The Kier molecular flexibility index (Phi) is 10.0. The maximum atomic E-state index is 12.5. The zero-order chi connectivity index (χ0) is 32.5. The highest BCUT2D eigenvalue weighted by molar-refractivity contribution is 5.43. The standard InChI is InChI=1S/C17H19N5O.C17H15N5O/c2*1-12(2)15-14(6-5-13-4-3-7-18-10-13)20-17(21-16(15)23)22-9-8-19-11-22/h3-4,7-12H,5-6H2,1-2H3,(H,20,21,23);3-4,7-12H,1-2H3,(H,20,21,23). The molecule has 0 saturated carbocycles. The van der Waals surface area contributed by atoms with Crippen molar-refractivity contribution in [3.05, 3.63) is 141 Å². The summed E-state index contributed by atoms with van der Waals surface area (Å²) in [6.45, 7) is 7.91. The summed E-state index contributed by atoms with van der Waals surface area (Å²) in [6.07, 6.45) is 18.4. The van der Waals surface area contributed by atoms with Gasteiger partial charge in [-0.25, -0.2) is 19.9 Å². The number of nitrogens with one attached hydrogen (secondary N) is 2. The topological polar surface area (TPSA) is 153 Å². The molecule has 12 nitrogen and oxygen atoms in total. The monoisotopic (exact) mass is 614 g/mol. The number of rotatable bonds is 7. The molecule has 0 saturated heterocycles. The lowest BCUT2D eigenvalue weighted by atomic mass is 9.99. The van der Waals surface area contributed by atoms with Gasteiger partial charge in [0, 0.05) is 60.7 Å². The second-order valence-electron chi connectivity index (χ2n) is 11.0. The zero-order valence-electron chi connectivity index (χ0n) is 26.0. The number of pyridine rings is 2. The molecular formula is C34H34N10O2. The molecule has 232 valence electrons. The average molecular weight is 615 g/mol. The number of aromatic amines is 2. The predicted octanol–water partition coefficient (Wildman–Crippen LogP) is 4.13. The summed E-state index contributed by atoms with van der Waals surface area (Å²) in [6, 6.07) is 7.63. The quantitative estimate of drug-likeness (QED) is 0.255. The van der Waals surface area contributed by atoms with E-state index in [0.717, 1.165) is 28.8 Å². The summed E-state index contributed by atoms with van der Waals surface area (Å²) in [5.74, 6) is 7.03. The van der Waals surface area contributed by atoms with Crippen LogP contribution in [0.15, 0.2) is 96.1 Å². The van der Waals surface area contributed by atoms with Crippen molar-refractivity contribution >= 4 is 0 Å². The molecule has 0 atom stereocenters. The Hall–Kier alpha value is -5.96. The molecule has 0 fully saturated rings. The Balaban J connectivity index is 0.000000181. The van der Waals surface area contributed by atoms with Crippen molar-refractivity contribution in [1.82, 2.24) is 49.0 Å². The minimum Gasteiger partial charge on any atom is -0.292 e. The molecule has 0 aliphatic rings. The van der Waals surface area contributed by atoms with Gasteiger partial charge in [-0.1, -0.05) is 39.7 Å². The minimum atomic E-state index is -0.186. The molecule has 12 heteroatoms. The van der Waals surface area contributed by atoms with Crippen LogP contribution < -0.4 is 11.1 Å².